The van der Waals surface area contributed by atoms with Gasteiger partial charge in [-0.3, -0.25) is 4.79 Å². The monoisotopic (exact) mass is 370 g/mol. The van der Waals surface area contributed by atoms with Crippen LogP contribution in [0.15, 0.2) is 53.4 Å². The molecular weight excluding hydrogens is 352 g/mol. The molecule has 2 aromatic carbocycles. The fourth-order valence-corrected chi connectivity index (χ4v) is 4.12. The van der Waals surface area contributed by atoms with Gasteiger partial charge in [-0.25, -0.2) is 8.42 Å². The summed E-state index contributed by atoms with van der Waals surface area (Å²) >= 11 is 0. The summed E-state index contributed by atoms with van der Waals surface area (Å²) in [6, 6.07) is 14.6. The van der Waals surface area contributed by atoms with E-state index in [9.17, 15) is 13.2 Å². The second-order valence-electron chi connectivity index (χ2n) is 6.06. The summed E-state index contributed by atoms with van der Waals surface area (Å²) in [5, 5.41) is 10.4. The van der Waals surface area contributed by atoms with E-state index in [-0.39, 0.29) is 10.9 Å². The molecule has 1 heterocycles. The molecule has 1 aliphatic rings. The fourth-order valence-electron chi connectivity index (χ4n) is 2.85. The molecule has 1 aliphatic heterocycles. The minimum absolute atomic E-state index is 0.0199. The van der Waals surface area contributed by atoms with E-state index in [1.807, 2.05) is 30.3 Å². The van der Waals surface area contributed by atoms with Crippen LogP contribution in [-0.2, 0) is 14.6 Å². The third-order valence-electron chi connectivity index (χ3n) is 4.42. The minimum atomic E-state index is -3.84. The highest BCUT2D eigenvalue weighted by atomic mass is 32.2. The quantitative estimate of drug-likeness (QED) is 0.891. The summed E-state index contributed by atoms with van der Waals surface area (Å²) in [4.78, 5) is 12.6. The molecule has 3 rings (SSSR count). The number of ether oxygens (including phenoxy) is 1. The molecule has 1 N–H and O–H groups in total. The number of nitriles is 1. The van der Waals surface area contributed by atoms with Crippen molar-refractivity contribution >= 4 is 15.7 Å². The molecule has 6 nitrogen and oxygen atoms in total. The number of sulfone groups is 1. The maximum atomic E-state index is 12.7. The number of para-hydroxylation sites is 1. The molecule has 2 aromatic rings. The van der Waals surface area contributed by atoms with Gasteiger partial charge in [-0.15, -0.1) is 0 Å². The highest BCUT2D eigenvalue weighted by Gasteiger charge is 2.32. The standard InChI is InChI=1S/C19H18N2O4S/c1-13(26(23,24)15-8-6-14(12-20)7-9-15)19(22)21-17-10-11-25-18-5-3-2-4-16(17)18/h2-9,13,17H,10-11H2,1H3,(H,21,22)/t13-,17+/m0/s1. The zero-order chi connectivity index (χ0) is 18.7. The molecule has 26 heavy (non-hydrogen) atoms. The lowest BCUT2D eigenvalue weighted by molar-refractivity contribution is -0.121. The lowest BCUT2D eigenvalue weighted by atomic mass is 10.0. The summed E-state index contributed by atoms with van der Waals surface area (Å²) in [6.07, 6.45) is 0.576. The van der Waals surface area contributed by atoms with E-state index in [4.69, 9.17) is 10.00 Å². The van der Waals surface area contributed by atoms with Crippen molar-refractivity contribution in [2.45, 2.75) is 29.5 Å². The average molecular weight is 370 g/mol. The molecule has 0 saturated heterocycles. The van der Waals surface area contributed by atoms with Gasteiger partial charge in [0.2, 0.25) is 5.91 Å². The second kappa shape index (κ2) is 7.18. The smallest absolute Gasteiger partial charge is 0.238 e. The molecule has 0 fully saturated rings. The molecule has 1 amide bonds. The van der Waals surface area contributed by atoms with E-state index in [1.165, 1.54) is 31.2 Å². The van der Waals surface area contributed by atoms with Gasteiger partial charge < -0.3 is 10.1 Å². The molecule has 0 saturated carbocycles. The first-order chi connectivity index (χ1) is 12.4. The van der Waals surface area contributed by atoms with E-state index in [2.05, 4.69) is 5.32 Å². The van der Waals surface area contributed by atoms with Gasteiger partial charge in [-0.05, 0) is 37.3 Å². The molecule has 0 aromatic heterocycles. The van der Waals surface area contributed by atoms with Crippen molar-refractivity contribution in [3.05, 3.63) is 59.7 Å². The normalized spacial score (nSPS) is 17.3. The Morgan fingerprint density at radius 1 is 1.23 bits per heavy atom. The Balaban J connectivity index is 1.78. The first-order valence-corrected chi connectivity index (χ1v) is 9.74. The molecular formula is C19H18N2O4S. The number of benzene rings is 2. The number of carbonyl (C=O) groups excluding carboxylic acids is 1. The Morgan fingerprint density at radius 2 is 1.92 bits per heavy atom. The van der Waals surface area contributed by atoms with Crippen molar-refractivity contribution in [3.8, 4) is 11.8 Å². The lowest BCUT2D eigenvalue weighted by Gasteiger charge is -2.27. The largest absolute Gasteiger partial charge is 0.493 e. The van der Waals surface area contributed by atoms with Crippen molar-refractivity contribution in [1.82, 2.24) is 5.32 Å². The number of nitrogens with zero attached hydrogens (tertiary/aromatic N) is 1. The fraction of sp³-hybridized carbons (Fsp3) is 0.263. The number of nitrogens with one attached hydrogen (secondary N) is 1. The summed E-state index contributed by atoms with van der Waals surface area (Å²) < 4.78 is 30.9. The Bertz CT molecular complexity index is 962. The number of hydrogen-bond donors (Lipinski definition) is 1. The number of amides is 1. The summed E-state index contributed by atoms with van der Waals surface area (Å²) in [5.74, 6) is 0.141. The van der Waals surface area contributed by atoms with Crippen LogP contribution in [0.5, 0.6) is 5.75 Å². The van der Waals surface area contributed by atoms with Gasteiger partial charge in [0.25, 0.3) is 0 Å². The predicted molar refractivity (Wildman–Crippen MR) is 95.2 cm³/mol. The molecule has 0 radical (unpaired) electrons. The Morgan fingerprint density at radius 3 is 2.62 bits per heavy atom. The van der Waals surface area contributed by atoms with Gasteiger partial charge in [0.05, 0.1) is 29.2 Å². The first-order valence-electron chi connectivity index (χ1n) is 8.19. The SMILES string of the molecule is C[C@@H](C(=O)N[C@@H]1CCOc2ccccc21)S(=O)(=O)c1ccc(C#N)cc1. The van der Waals surface area contributed by atoms with Gasteiger partial charge in [0.1, 0.15) is 11.0 Å². The summed E-state index contributed by atoms with van der Waals surface area (Å²) in [7, 11) is -3.84. The van der Waals surface area contributed by atoms with Crippen LogP contribution in [-0.4, -0.2) is 26.2 Å². The van der Waals surface area contributed by atoms with Crippen molar-refractivity contribution in [1.29, 1.82) is 5.26 Å². The van der Waals surface area contributed by atoms with E-state index in [0.29, 0.717) is 24.3 Å². The zero-order valence-electron chi connectivity index (χ0n) is 14.2. The van der Waals surface area contributed by atoms with Crippen molar-refractivity contribution < 1.29 is 17.9 Å². The first kappa shape index (κ1) is 18.0. The molecule has 0 spiro atoms. The minimum Gasteiger partial charge on any atom is -0.493 e. The van der Waals surface area contributed by atoms with Crippen molar-refractivity contribution in [2.24, 2.45) is 0 Å². The Kier molecular flexibility index (Phi) is 4.96. The molecule has 2 atom stereocenters. The Labute approximate surface area is 152 Å². The van der Waals surface area contributed by atoms with Crippen molar-refractivity contribution in [2.75, 3.05) is 6.61 Å². The Hall–Kier alpha value is -2.85. The maximum absolute atomic E-state index is 12.7. The number of hydrogen-bond acceptors (Lipinski definition) is 5. The van der Waals surface area contributed by atoms with E-state index in [1.54, 1.807) is 0 Å². The number of fused-ring (bicyclic) bond motifs is 1. The van der Waals surface area contributed by atoms with Gasteiger partial charge in [0, 0.05) is 12.0 Å². The average Bonchev–Trinajstić information content (AvgIpc) is 2.67. The maximum Gasteiger partial charge on any atom is 0.238 e. The van der Waals surface area contributed by atoms with E-state index in [0.717, 1.165) is 5.56 Å². The van der Waals surface area contributed by atoms with E-state index < -0.39 is 21.0 Å². The molecule has 0 bridgehead atoms. The third kappa shape index (κ3) is 3.41. The second-order valence-corrected chi connectivity index (χ2v) is 8.33. The van der Waals surface area contributed by atoms with Crippen LogP contribution < -0.4 is 10.1 Å². The van der Waals surface area contributed by atoms with Crippen LogP contribution in [0.25, 0.3) is 0 Å². The van der Waals surface area contributed by atoms with Gasteiger partial charge in [-0.2, -0.15) is 5.26 Å². The van der Waals surface area contributed by atoms with Crippen LogP contribution in [0.2, 0.25) is 0 Å². The van der Waals surface area contributed by atoms with Crippen LogP contribution >= 0.6 is 0 Å². The van der Waals surface area contributed by atoms with Crippen LogP contribution in [0, 0.1) is 11.3 Å². The summed E-state index contributed by atoms with van der Waals surface area (Å²) in [6.45, 7) is 1.83. The van der Waals surface area contributed by atoms with Crippen LogP contribution in [0.3, 0.4) is 0 Å². The lowest BCUT2D eigenvalue weighted by Crippen LogP contribution is -2.41. The number of rotatable bonds is 4. The molecule has 0 aliphatic carbocycles. The molecule has 7 heteroatoms. The van der Waals surface area contributed by atoms with Crippen molar-refractivity contribution in [3.63, 3.8) is 0 Å². The van der Waals surface area contributed by atoms with Crippen LogP contribution in [0.4, 0.5) is 0 Å². The zero-order valence-corrected chi connectivity index (χ0v) is 15.0. The number of carbonyl (C=O) groups is 1. The predicted octanol–water partition coefficient (Wildman–Crippen LogP) is 2.36. The summed E-state index contributed by atoms with van der Waals surface area (Å²) in [5.41, 5.74) is 1.20. The highest BCUT2D eigenvalue weighted by Crippen LogP contribution is 2.31. The van der Waals surface area contributed by atoms with E-state index >= 15 is 0 Å². The highest BCUT2D eigenvalue weighted by molar-refractivity contribution is 7.92. The van der Waals surface area contributed by atoms with Gasteiger partial charge in [-0.1, -0.05) is 18.2 Å². The topological polar surface area (TPSA) is 96.3 Å². The van der Waals surface area contributed by atoms with Gasteiger partial charge in [0.15, 0.2) is 9.84 Å². The van der Waals surface area contributed by atoms with Gasteiger partial charge >= 0.3 is 0 Å². The molecule has 134 valence electrons. The van der Waals surface area contributed by atoms with Crippen LogP contribution in [0.1, 0.15) is 30.5 Å². The third-order valence-corrected chi connectivity index (χ3v) is 6.50. The molecule has 0 unspecified atom stereocenters.